The molecule has 138 valence electrons. The first kappa shape index (κ1) is 17.8. The van der Waals surface area contributed by atoms with Crippen molar-refractivity contribution in [2.24, 2.45) is 0 Å². The molecule has 0 spiro atoms. The van der Waals surface area contributed by atoms with Gasteiger partial charge in [0.25, 0.3) is 5.91 Å². The van der Waals surface area contributed by atoms with Gasteiger partial charge in [-0.3, -0.25) is 4.79 Å². The van der Waals surface area contributed by atoms with Crippen LogP contribution in [0.4, 0.5) is 4.39 Å². The number of amides is 1. The number of fused-ring (bicyclic) bond motifs is 1. The Labute approximate surface area is 163 Å². The van der Waals surface area contributed by atoms with Gasteiger partial charge in [0.05, 0.1) is 34.5 Å². The smallest absolute Gasteiger partial charge is 0.256 e. The molecule has 27 heavy (non-hydrogen) atoms. The van der Waals surface area contributed by atoms with Crippen LogP contribution in [0.5, 0.6) is 0 Å². The van der Waals surface area contributed by atoms with Crippen molar-refractivity contribution in [3.63, 3.8) is 0 Å². The molecule has 0 saturated heterocycles. The van der Waals surface area contributed by atoms with Crippen molar-refractivity contribution in [1.82, 2.24) is 29.6 Å². The summed E-state index contributed by atoms with van der Waals surface area (Å²) >= 11 is 12.2. The third-order valence-corrected chi connectivity index (χ3v) is 5.20. The van der Waals surface area contributed by atoms with Crippen molar-refractivity contribution in [2.75, 3.05) is 0 Å². The average Bonchev–Trinajstić information content (AvgIpc) is 3.06. The Balaban J connectivity index is 1.65. The number of carbonyl (C=O) groups excluding carboxylic acids is 1. The van der Waals surface area contributed by atoms with E-state index in [2.05, 4.69) is 20.2 Å². The third-order valence-electron chi connectivity index (χ3n) is 4.38. The molecule has 0 radical (unpaired) electrons. The molecular formula is C17H13Cl2FN6O. The summed E-state index contributed by atoms with van der Waals surface area (Å²) in [6, 6.07) is 4.80. The molecule has 3 aromatic rings. The van der Waals surface area contributed by atoms with Crippen LogP contribution in [0.1, 0.15) is 23.1 Å². The largest absolute Gasteiger partial charge is 0.327 e. The van der Waals surface area contributed by atoms with Gasteiger partial charge in [0.1, 0.15) is 0 Å². The Bertz CT molecular complexity index is 1020. The minimum absolute atomic E-state index is 0.157. The summed E-state index contributed by atoms with van der Waals surface area (Å²) < 4.78 is 14.9. The van der Waals surface area contributed by atoms with Gasteiger partial charge in [-0.2, -0.15) is 0 Å². The summed E-state index contributed by atoms with van der Waals surface area (Å²) in [5.74, 6) is 0.539. The second-order valence-electron chi connectivity index (χ2n) is 6.16. The van der Waals surface area contributed by atoms with Crippen molar-refractivity contribution in [3.8, 4) is 11.6 Å². The average molecular weight is 407 g/mol. The van der Waals surface area contributed by atoms with Crippen LogP contribution in [0.15, 0.2) is 30.6 Å². The highest BCUT2D eigenvalue weighted by molar-refractivity contribution is 6.43. The minimum atomic E-state index is -0.527. The lowest BCUT2D eigenvalue weighted by molar-refractivity contribution is 0.0612. The SMILES string of the molecule is C[C@H]1Cn2c(nnc2-c2ncc(F)cn2)CN1C(=O)c1cccc(Cl)c1Cl. The molecule has 0 aliphatic carbocycles. The van der Waals surface area contributed by atoms with Gasteiger partial charge in [-0.25, -0.2) is 14.4 Å². The van der Waals surface area contributed by atoms with Crippen LogP contribution in [0.25, 0.3) is 11.6 Å². The topological polar surface area (TPSA) is 76.8 Å². The van der Waals surface area contributed by atoms with Crippen LogP contribution in [0, 0.1) is 5.82 Å². The van der Waals surface area contributed by atoms with Crippen LogP contribution in [0.2, 0.25) is 10.0 Å². The van der Waals surface area contributed by atoms with Crippen molar-refractivity contribution < 1.29 is 9.18 Å². The summed E-state index contributed by atoms with van der Waals surface area (Å²) in [5.41, 5.74) is 0.339. The van der Waals surface area contributed by atoms with E-state index in [9.17, 15) is 9.18 Å². The number of rotatable bonds is 2. The first-order chi connectivity index (χ1) is 13.0. The van der Waals surface area contributed by atoms with Gasteiger partial charge in [0.15, 0.2) is 17.5 Å². The highest BCUT2D eigenvalue weighted by Crippen LogP contribution is 2.29. The molecule has 3 heterocycles. The van der Waals surface area contributed by atoms with E-state index in [1.54, 1.807) is 23.1 Å². The molecule has 1 aromatic carbocycles. The van der Waals surface area contributed by atoms with E-state index in [1.165, 1.54) is 0 Å². The van der Waals surface area contributed by atoms with Gasteiger partial charge in [-0.15, -0.1) is 10.2 Å². The van der Waals surface area contributed by atoms with Crippen molar-refractivity contribution in [2.45, 2.75) is 26.1 Å². The van der Waals surface area contributed by atoms with Gasteiger partial charge < -0.3 is 9.47 Å². The number of aromatic nitrogens is 5. The third kappa shape index (κ3) is 3.15. The molecule has 4 rings (SSSR count). The van der Waals surface area contributed by atoms with Crippen molar-refractivity contribution in [1.29, 1.82) is 0 Å². The fourth-order valence-corrected chi connectivity index (χ4v) is 3.39. The van der Waals surface area contributed by atoms with E-state index in [4.69, 9.17) is 23.2 Å². The standard InChI is InChI=1S/C17H13Cl2FN6O/c1-9-7-26-13(23-24-16(26)15-21-5-10(20)6-22-15)8-25(9)17(27)11-3-2-4-12(18)14(11)19/h2-6,9H,7-8H2,1H3/t9-/m0/s1. The predicted molar refractivity (Wildman–Crippen MR) is 96.8 cm³/mol. The lowest BCUT2D eigenvalue weighted by atomic mass is 10.1. The summed E-state index contributed by atoms with van der Waals surface area (Å²) in [4.78, 5) is 22.5. The Kier molecular flexibility index (Phi) is 4.53. The summed E-state index contributed by atoms with van der Waals surface area (Å²) in [5, 5.41) is 8.80. The van der Waals surface area contributed by atoms with E-state index >= 15 is 0 Å². The first-order valence-electron chi connectivity index (χ1n) is 8.10. The van der Waals surface area contributed by atoms with E-state index in [-0.39, 0.29) is 29.3 Å². The molecule has 1 amide bonds. The molecule has 1 atom stereocenters. The Morgan fingerprint density at radius 1 is 1.22 bits per heavy atom. The zero-order valence-electron chi connectivity index (χ0n) is 14.1. The monoisotopic (exact) mass is 406 g/mol. The number of halogens is 3. The molecular weight excluding hydrogens is 394 g/mol. The molecule has 0 fully saturated rings. The highest BCUT2D eigenvalue weighted by Gasteiger charge is 2.32. The maximum absolute atomic E-state index is 13.1. The second kappa shape index (κ2) is 6.86. The first-order valence-corrected chi connectivity index (χ1v) is 8.86. The Morgan fingerprint density at radius 2 is 1.96 bits per heavy atom. The fraction of sp³-hybridized carbons (Fsp3) is 0.235. The van der Waals surface area contributed by atoms with E-state index in [0.717, 1.165) is 12.4 Å². The number of carbonyl (C=O) groups is 1. The van der Waals surface area contributed by atoms with Crippen molar-refractivity contribution in [3.05, 3.63) is 57.8 Å². The molecule has 0 unspecified atom stereocenters. The van der Waals surface area contributed by atoms with Gasteiger partial charge in [-0.05, 0) is 19.1 Å². The second-order valence-corrected chi connectivity index (χ2v) is 6.94. The van der Waals surface area contributed by atoms with E-state index in [0.29, 0.717) is 28.8 Å². The highest BCUT2D eigenvalue weighted by atomic mass is 35.5. The van der Waals surface area contributed by atoms with E-state index < -0.39 is 5.82 Å². The van der Waals surface area contributed by atoms with Crippen LogP contribution in [-0.2, 0) is 13.1 Å². The summed E-state index contributed by atoms with van der Waals surface area (Å²) in [6.07, 6.45) is 2.15. The Morgan fingerprint density at radius 3 is 2.70 bits per heavy atom. The zero-order chi connectivity index (χ0) is 19.1. The molecule has 10 heteroatoms. The van der Waals surface area contributed by atoms with Gasteiger partial charge in [0.2, 0.25) is 5.82 Å². The number of benzene rings is 1. The predicted octanol–water partition coefficient (Wildman–Crippen LogP) is 3.23. The molecule has 7 nitrogen and oxygen atoms in total. The molecule has 0 saturated carbocycles. The number of hydrogen-bond acceptors (Lipinski definition) is 5. The molecule has 0 N–H and O–H groups in total. The molecule has 1 aliphatic rings. The van der Waals surface area contributed by atoms with E-state index in [1.807, 2.05) is 11.5 Å². The quantitative estimate of drug-likeness (QED) is 0.652. The number of hydrogen-bond donors (Lipinski definition) is 0. The summed E-state index contributed by atoms with van der Waals surface area (Å²) in [7, 11) is 0. The lowest BCUT2D eigenvalue weighted by Gasteiger charge is -2.34. The maximum atomic E-state index is 13.1. The van der Waals surface area contributed by atoms with Crippen LogP contribution >= 0.6 is 23.2 Å². The lowest BCUT2D eigenvalue weighted by Crippen LogP contribution is -2.45. The molecule has 0 bridgehead atoms. The molecule has 1 aliphatic heterocycles. The normalized spacial score (nSPS) is 16.3. The maximum Gasteiger partial charge on any atom is 0.256 e. The van der Waals surface area contributed by atoms with Crippen molar-refractivity contribution >= 4 is 29.1 Å². The fourth-order valence-electron chi connectivity index (χ4n) is 3.00. The van der Waals surface area contributed by atoms with Crippen LogP contribution in [0.3, 0.4) is 0 Å². The van der Waals surface area contributed by atoms with Crippen LogP contribution in [-0.4, -0.2) is 41.6 Å². The Hall–Kier alpha value is -2.58. The van der Waals surface area contributed by atoms with Gasteiger partial charge >= 0.3 is 0 Å². The zero-order valence-corrected chi connectivity index (χ0v) is 15.6. The summed E-state index contributed by atoms with van der Waals surface area (Å²) in [6.45, 7) is 2.61. The minimum Gasteiger partial charge on any atom is -0.327 e. The van der Waals surface area contributed by atoms with Crippen LogP contribution < -0.4 is 0 Å². The number of nitrogens with zero attached hydrogens (tertiary/aromatic N) is 6. The van der Waals surface area contributed by atoms with Gasteiger partial charge in [-0.1, -0.05) is 29.3 Å². The molecule has 2 aromatic heterocycles. The van der Waals surface area contributed by atoms with Gasteiger partial charge in [0, 0.05) is 12.6 Å².